The van der Waals surface area contributed by atoms with E-state index in [1.54, 1.807) is 0 Å². The van der Waals surface area contributed by atoms with E-state index in [9.17, 15) is 9.59 Å². The van der Waals surface area contributed by atoms with E-state index in [1.165, 1.54) is 25.0 Å². The summed E-state index contributed by atoms with van der Waals surface area (Å²) in [5.74, 6) is 1.06. The van der Waals surface area contributed by atoms with Crippen LogP contribution in [0.25, 0.3) is 0 Å². The first kappa shape index (κ1) is 11.8. The highest BCUT2D eigenvalue weighted by atomic mass is 16.5. The number of carbonyl (C=O) groups is 2. The molecule has 16 heavy (non-hydrogen) atoms. The molecule has 0 saturated heterocycles. The standard InChI is InChI=1S/C10H10N2O4/c1-4-5-12-8(10(14)16-3)6-7(11-12)9(13)15-2/h1,6H,5H2,2-3H3. The predicted molar refractivity (Wildman–Crippen MR) is 53.7 cm³/mol. The fourth-order valence-electron chi connectivity index (χ4n) is 1.10. The van der Waals surface area contributed by atoms with Crippen LogP contribution in [0.3, 0.4) is 0 Å². The zero-order chi connectivity index (χ0) is 12.1. The van der Waals surface area contributed by atoms with E-state index in [-0.39, 0.29) is 17.9 Å². The van der Waals surface area contributed by atoms with Crippen LogP contribution in [0.15, 0.2) is 6.07 Å². The summed E-state index contributed by atoms with van der Waals surface area (Å²) in [7, 11) is 2.45. The molecule has 0 aliphatic heterocycles. The molecule has 0 fully saturated rings. The number of carbonyl (C=O) groups excluding carboxylic acids is 2. The van der Waals surface area contributed by atoms with Crippen molar-refractivity contribution in [3.05, 3.63) is 17.5 Å². The minimum Gasteiger partial charge on any atom is -0.464 e. The summed E-state index contributed by atoms with van der Waals surface area (Å²) in [6, 6.07) is 1.27. The van der Waals surface area contributed by atoms with Crippen molar-refractivity contribution >= 4 is 11.9 Å². The predicted octanol–water partition coefficient (Wildman–Crippen LogP) is 0.0895. The maximum absolute atomic E-state index is 11.3. The Balaban J connectivity index is 3.15. The molecule has 6 heteroatoms. The van der Waals surface area contributed by atoms with E-state index in [1.807, 2.05) is 0 Å². The van der Waals surface area contributed by atoms with E-state index >= 15 is 0 Å². The smallest absolute Gasteiger partial charge is 0.358 e. The Hall–Kier alpha value is -2.29. The van der Waals surface area contributed by atoms with Crippen LogP contribution in [0.4, 0.5) is 0 Å². The van der Waals surface area contributed by atoms with Gasteiger partial charge >= 0.3 is 11.9 Å². The third kappa shape index (κ3) is 2.20. The summed E-state index contributed by atoms with van der Waals surface area (Å²) in [6.07, 6.45) is 5.11. The average Bonchev–Trinajstić information content (AvgIpc) is 2.71. The van der Waals surface area contributed by atoms with Crippen LogP contribution in [0.2, 0.25) is 0 Å². The molecule has 1 aromatic rings. The molecule has 1 aromatic heterocycles. The number of methoxy groups -OCH3 is 2. The van der Waals surface area contributed by atoms with Crippen molar-refractivity contribution in [2.24, 2.45) is 0 Å². The van der Waals surface area contributed by atoms with Gasteiger partial charge < -0.3 is 9.47 Å². The summed E-state index contributed by atoms with van der Waals surface area (Å²) in [5, 5.41) is 3.84. The lowest BCUT2D eigenvalue weighted by molar-refractivity contribution is 0.0582. The Bertz CT molecular complexity index is 456. The molecule has 0 bridgehead atoms. The van der Waals surface area contributed by atoms with Gasteiger partial charge in [0.25, 0.3) is 0 Å². The maximum Gasteiger partial charge on any atom is 0.358 e. The molecular weight excluding hydrogens is 212 g/mol. The molecule has 0 N–H and O–H groups in total. The second-order valence-corrected chi connectivity index (χ2v) is 2.76. The van der Waals surface area contributed by atoms with Gasteiger partial charge in [-0.1, -0.05) is 5.92 Å². The molecule has 0 saturated carbocycles. The highest BCUT2D eigenvalue weighted by Crippen LogP contribution is 2.07. The van der Waals surface area contributed by atoms with Gasteiger partial charge in [-0.25, -0.2) is 14.3 Å². The lowest BCUT2D eigenvalue weighted by Gasteiger charge is -2.00. The van der Waals surface area contributed by atoms with Gasteiger partial charge in [-0.3, -0.25) is 0 Å². The number of ether oxygens (including phenoxy) is 2. The summed E-state index contributed by atoms with van der Waals surface area (Å²) < 4.78 is 10.2. The van der Waals surface area contributed by atoms with Crippen molar-refractivity contribution in [2.45, 2.75) is 6.54 Å². The van der Waals surface area contributed by atoms with Crippen LogP contribution in [0, 0.1) is 12.3 Å². The Morgan fingerprint density at radius 1 is 1.44 bits per heavy atom. The Morgan fingerprint density at radius 2 is 2.06 bits per heavy atom. The van der Waals surface area contributed by atoms with Gasteiger partial charge in [0.15, 0.2) is 5.69 Å². The van der Waals surface area contributed by atoms with E-state index in [0.717, 1.165) is 0 Å². The molecule has 0 spiro atoms. The third-order valence-electron chi connectivity index (χ3n) is 1.81. The Kier molecular flexibility index (Phi) is 3.67. The third-order valence-corrected chi connectivity index (χ3v) is 1.81. The van der Waals surface area contributed by atoms with E-state index in [4.69, 9.17) is 6.42 Å². The zero-order valence-corrected chi connectivity index (χ0v) is 8.89. The molecule has 0 radical (unpaired) electrons. The van der Waals surface area contributed by atoms with Gasteiger partial charge in [-0.05, 0) is 0 Å². The van der Waals surface area contributed by atoms with E-state index in [2.05, 4.69) is 20.5 Å². The molecule has 6 nitrogen and oxygen atoms in total. The Labute approximate surface area is 92.1 Å². The first-order chi connectivity index (χ1) is 7.63. The van der Waals surface area contributed by atoms with Crippen LogP contribution >= 0.6 is 0 Å². The SMILES string of the molecule is C#CCn1nc(C(=O)OC)cc1C(=O)OC. The second kappa shape index (κ2) is 4.98. The molecule has 0 aromatic carbocycles. The van der Waals surface area contributed by atoms with Crippen LogP contribution < -0.4 is 0 Å². The van der Waals surface area contributed by atoms with Crippen LogP contribution in [-0.2, 0) is 16.0 Å². The number of rotatable bonds is 3. The van der Waals surface area contributed by atoms with Gasteiger partial charge in [-0.15, -0.1) is 6.42 Å². The monoisotopic (exact) mass is 222 g/mol. The molecule has 84 valence electrons. The van der Waals surface area contributed by atoms with Gasteiger partial charge in [-0.2, -0.15) is 5.10 Å². The Morgan fingerprint density at radius 3 is 2.56 bits per heavy atom. The fourth-order valence-corrected chi connectivity index (χ4v) is 1.10. The number of aromatic nitrogens is 2. The van der Waals surface area contributed by atoms with Crippen LogP contribution in [0.1, 0.15) is 21.0 Å². The minimum absolute atomic E-state index is 0.0122. The first-order valence-corrected chi connectivity index (χ1v) is 4.32. The highest BCUT2D eigenvalue weighted by Gasteiger charge is 2.19. The van der Waals surface area contributed by atoms with Gasteiger partial charge in [0, 0.05) is 6.07 Å². The molecule has 0 unspecified atom stereocenters. The van der Waals surface area contributed by atoms with Crippen molar-refractivity contribution in [3.63, 3.8) is 0 Å². The van der Waals surface area contributed by atoms with Gasteiger partial charge in [0.2, 0.25) is 0 Å². The van der Waals surface area contributed by atoms with Crippen LogP contribution in [0.5, 0.6) is 0 Å². The van der Waals surface area contributed by atoms with Crippen molar-refractivity contribution in [1.29, 1.82) is 0 Å². The summed E-state index contributed by atoms with van der Waals surface area (Å²) in [6.45, 7) is 0.0709. The largest absolute Gasteiger partial charge is 0.464 e. The van der Waals surface area contributed by atoms with Gasteiger partial charge in [0.1, 0.15) is 12.2 Å². The molecule has 0 amide bonds. The van der Waals surface area contributed by atoms with Crippen molar-refractivity contribution in [3.8, 4) is 12.3 Å². The molecule has 1 heterocycles. The molecule has 0 aliphatic carbocycles. The van der Waals surface area contributed by atoms with Crippen molar-refractivity contribution in [1.82, 2.24) is 9.78 Å². The van der Waals surface area contributed by atoms with E-state index < -0.39 is 11.9 Å². The number of nitrogens with zero attached hydrogens (tertiary/aromatic N) is 2. The normalized spacial score (nSPS) is 9.31. The summed E-state index contributed by atoms with van der Waals surface area (Å²) >= 11 is 0. The number of esters is 2. The van der Waals surface area contributed by atoms with Crippen molar-refractivity contribution in [2.75, 3.05) is 14.2 Å². The topological polar surface area (TPSA) is 70.4 Å². The number of terminal acetylenes is 1. The zero-order valence-electron chi connectivity index (χ0n) is 8.89. The lowest BCUT2D eigenvalue weighted by atomic mass is 10.3. The molecular formula is C10H10N2O4. The first-order valence-electron chi connectivity index (χ1n) is 4.32. The average molecular weight is 222 g/mol. The number of hydrogen-bond acceptors (Lipinski definition) is 5. The van der Waals surface area contributed by atoms with E-state index in [0.29, 0.717) is 0 Å². The number of hydrogen-bond donors (Lipinski definition) is 0. The van der Waals surface area contributed by atoms with Crippen LogP contribution in [-0.4, -0.2) is 35.9 Å². The maximum atomic E-state index is 11.3. The quantitative estimate of drug-likeness (QED) is 0.535. The molecule has 0 aliphatic rings. The lowest BCUT2D eigenvalue weighted by Crippen LogP contribution is -2.11. The second-order valence-electron chi connectivity index (χ2n) is 2.76. The highest BCUT2D eigenvalue weighted by molar-refractivity contribution is 5.93. The van der Waals surface area contributed by atoms with Crippen molar-refractivity contribution < 1.29 is 19.1 Å². The molecule has 0 atom stereocenters. The molecule has 1 rings (SSSR count). The van der Waals surface area contributed by atoms with Gasteiger partial charge in [0.05, 0.1) is 14.2 Å². The summed E-state index contributed by atoms with van der Waals surface area (Å²) in [5.41, 5.74) is 0.124. The minimum atomic E-state index is -0.638. The summed E-state index contributed by atoms with van der Waals surface area (Å²) in [4.78, 5) is 22.5. The fraction of sp³-hybridized carbons (Fsp3) is 0.300.